The quantitative estimate of drug-likeness (QED) is 0.788. The van der Waals surface area contributed by atoms with Gasteiger partial charge in [0.25, 0.3) is 0 Å². The number of rotatable bonds is 2. The van der Waals surface area contributed by atoms with E-state index in [1.807, 2.05) is 13.8 Å². The predicted octanol–water partition coefficient (Wildman–Crippen LogP) is 3.34. The molecular weight excluding hydrogens is 323 g/mol. The highest BCUT2D eigenvalue weighted by atomic mass is 79.9. The van der Waals surface area contributed by atoms with Gasteiger partial charge in [-0.3, -0.25) is 4.79 Å². The summed E-state index contributed by atoms with van der Waals surface area (Å²) in [4.78, 5) is 9.75. The first-order chi connectivity index (χ1) is 5.74. The summed E-state index contributed by atoms with van der Waals surface area (Å²) < 4.78 is 0.738. The summed E-state index contributed by atoms with van der Waals surface area (Å²) in [6, 6.07) is 0. The number of allylic oxidation sites excluding steroid dienone is 1. The Morgan fingerprint density at radius 2 is 2.00 bits per heavy atom. The molecule has 0 spiro atoms. The molecule has 74 valence electrons. The highest BCUT2D eigenvalue weighted by molar-refractivity contribution is 9.28. The molecule has 1 fully saturated rings. The summed E-state index contributed by atoms with van der Waals surface area (Å²) in [5, 5.41) is 8.94. The van der Waals surface area contributed by atoms with Crippen LogP contribution in [0.2, 0.25) is 0 Å². The third-order valence-corrected chi connectivity index (χ3v) is 4.08. The van der Waals surface area contributed by atoms with Crippen LogP contribution in [0.25, 0.3) is 0 Å². The van der Waals surface area contributed by atoms with Crippen LogP contribution in [0.3, 0.4) is 0 Å². The molecule has 13 heavy (non-hydrogen) atoms. The minimum Gasteiger partial charge on any atom is -0.480 e. The van der Waals surface area contributed by atoms with Crippen LogP contribution in [0.1, 0.15) is 13.8 Å². The molecule has 1 rings (SSSR count). The van der Waals surface area contributed by atoms with Crippen LogP contribution in [0.15, 0.2) is 9.47 Å². The van der Waals surface area contributed by atoms with Crippen LogP contribution in [0.5, 0.6) is 0 Å². The summed E-state index contributed by atoms with van der Waals surface area (Å²) in [5.41, 5.74) is -0.396. The fourth-order valence-corrected chi connectivity index (χ4v) is 2.53. The molecule has 0 aliphatic heterocycles. The lowest BCUT2D eigenvalue weighted by molar-refractivity contribution is -0.138. The molecule has 1 saturated carbocycles. The first kappa shape index (κ1) is 11.5. The van der Waals surface area contributed by atoms with Gasteiger partial charge in [0.2, 0.25) is 0 Å². The Labute approximate surface area is 98.6 Å². The molecule has 0 saturated heterocycles. The smallest absolute Gasteiger partial charge is 0.325 e. The van der Waals surface area contributed by atoms with Crippen molar-refractivity contribution in [3.63, 3.8) is 0 Å². The summed E-state index contributed by atoms with van der Waals surface area (Å²) in [6.07, 6.45) is 1.78. The number of carboxylic acids is 1. The average Bonchev–Trinajstić information content (AvgIpc) is 2.35. The third-order valence-electron chi connectivity index (χ3n) is 2.66. The van der Waals surface area contributed by atoms with Crippen molar-refractivity contribution in [2.75, 3.05) is 0 Å². The summed E-state index contributed by atoms with van der Waals surface area (Å²) >= 11 is 12.4. The van der Waals surface area contributed by atoms with Crippen molar-refractivity contribution in [1.29, 1.82) is 0 Å². The van der Waals surface area contributed by atoms with Crippen molar-refractivity contribution in [3.05, 3.63) is 9.47 Å². The monoisotopic (exact) mass is 330 g/mol. The number of carboxylic acid groups (broad SMARTS) is 1. The molecule has 0 amide bonds. The molecule has 0 bridgehead atoms. The molecule has 0 aromatic heterocycles. The van der Waals surface area contributed by atoms with E-state index in [4.69, 9.17) is 16.7 Å². The van der Waals surface area contributed by atoms with Crippen molar-refractivity contribution in [2.24, 2.45) is 11.3 Å². The number of hydrogen-bond acceptors (Lipinski definition) is 1. The van der Waals surface area contributed by atoms with Crippen molar-refractivity contribution < 1.29 is 9.90 Å². The van der Waals surface area contributed by atoms with Crippen LogP contribution in [0.4, 0.5) is 0 Å². The van der Waals surface area contributed by atoms with Gasteiger partial charge in [-0.15, -0.1) is 11.6 Å². The van der Waals surface area contributed by atoms with Crippen LogP contribution in [-0.2, 0) is 4.79 Å². The summed E-state index contributed by atoms with van der Waals surface area (Å²) in [7, 11) is 0. The van der Waals surface area contributed by atoms with Crippen LogP contribution >= 0.6 is 43.5 Å². The fraction of sp³-hybridized carbons (Fsp3) is 0.625. The van der Waals surface area contributed by atoms with E-state index >= 15 is 0 Å². The van der Waals surface area contributed by atoms with Crippen molar-refractivity contribution in [2.45, 2.75) is 18.7 Å². The molecule has 1 aliphatic carbocycles. The molecule has 5 heteroatoms. The first-order valence-corrected chi connectivity index (χ1v) is 5.66. The summed E-state index contributed by atoms with van der Waals surface area (Å²) in [5.74, 6) is -1.10. The molecule has 0 radical (unpaired) electrons. The lowest BCUT2D eigenvalue weighted by Gasteiger charge is -2.03. The topological polar surface area (TPSA) is 37.3 Å². The number of aliphatic carboxylic acids is 1. The Kier molecular flexibility index (Phi) is 2.88. The van der Waals surface area contributed by atoms with E-state index in [2.05, 4.69) is 31.9 Å². The van der Waals surface area contributed by atoms with Crippen molar-refractivity contribution in [3.8, 4) is 0 Å². The van der Waals surface area contributed by atoms with Gasteiger partial charge in [0.05, 0.1) is 3.39 Å². The van der Waals surface area contributed by atoms with E-state index in [1.54, 1.807) is 6.08 Å². The maximum absolute atomic E-state index is 10.9. The predicted molar refractivity (Wildman–Crippen MR) is 59.4 cm³/mol. The Morgan fingerprint density at radius 3 is 2.23 bits per heavy atom. The number of halogens is 3. The fourth-order valence-electron chi connectivity index (χ4n) is 1.61. The minimum absolute atomic E-state index is 0.145. The van der Waals surface area contributed by atoms with E-state index in [9.17, 15) is 4.79 Å². The van der Waals surface area contributed by atoms with Crippen molar-refractivity contribution >= 4 is 49.4 Å². The summed E-state index contributed by atoms with van der Waals surface area (Å²) in [6.45, 7) is 3.69. The van der Waals surface area contributed by atoms with E-state index in [0.29, 0.717) is 0 Å². The van der Waals surface area contributed by atoms with Crippen LogP contribution in [-0.4, -0.2) is 16.0 Å². The van der Waals surface area contributed by atoms with Gasteiger partial charge in [-0.2, -0.15) is 0 Å². The van der Waals surface area contributed by atoms with Gasteiger partial charge in [0, 0.05) is 11.3 Å². The standard InChI is InChI=1S/C8H9Br2ClO2/c1-7(2)4(3-5(9)10)8(7,11)6(12)13/h3-4H,1-2H3,(H,12,13). The van der Waals surface area contributed by atoms with E-state index in [0.717, 1.165) is 3.39 Å². The maximum atomic E-state index is 10.9. The van der Waals surface area contributed by atoms with E-state index in [1.165, 1.54) is 0 Å². The molecule has 2 atom stereocenters. The second kappa shape index (κ2) is 3.24. The van der Waals surface area contributed by atoms with Gasteiger partial charge in [-0.25, -0.2) is 0 Å². The maximum Gasteiger partial charge on any atom is 0.325 e. The average molecular weight is 332 g/mol. The molecular formula is C8H9Br2ClO2. The largest absolute Gasteiger partial charge is 0.480 e. The second-order valence-corrected chi connectivity index (χ2v) is 7.04. The van der Waals surface area contributed by atoms with Crippen LogP contribution < -0.4 is 0 Å². The molecule has 1 N–H and O–H groups in total. The van der Waals surface area contributed by atoms with Gasteiger partial charge in [0.1, 0.15) is 0 Å². The Morgan fingerprint density at radius 1 is 1.54 bits per heavy atom. The molecule has 0 aromatic carbocycles. The van der Waals surface area contributed by atoms with E-state index in [-0.39, 0.29) is 5.92 Å². The molecule has 2 nitrogen and oxygen atoms in total. The lowest BCUT2D eigenvalue weighted by Crippen LogP contribution is -2.21. The number of carbonyl (C=O) groups is 1. The van der Waals surface area contributed by atoms with Crippen molar-refractivity contribution in [1.82, 2.24) is 0 Å². The zero-order valence-electron chi connectivity index (χ0n) is 7.14. The zero-order chi connectivity index (χ0) is 10.4. The third kappa shape index (κ3) is 1.57. The highest BCUT2D eigenvalue weighted by Crippen LogP contribution is 2.67. The van der Waals surface area contributed by atoms with Gasteiger partial charge < -0.3 is 5.11 Å². The molecule has 0 heterocycles. The van der Waals surface area contributed by atoms with Gasteiger partial charge in [0.15, 0.2) is 4.87 Å². The normalized spacial score (nSPS) is 35.3. The molecule has 2 unspecified atom stereocenters. The Hall–Kier alpha value is 0.460. The Balaban J connectivity index is 2.95. The first-order valence-electron chi connectivity index (χ1n) is 3.69. The zero-order valence-corrected chi connectivity index (χ0v) is 11.1. The highest BCUT2D eigenvalue weighted by Gasteiger charge is 2.74. The molecule has 0 aromatic rings. The second-order valence-electron chi connectivity index (χ2n) is 3.67. The minimum atomic E-state index is -1.15. The lowest BCUT2D eigenvalue weighted by atomic mass is 10.1. The molecule has 1 aliphatic rings. The van der Waals surface area contributed by atoms with E-state index < -0.39 is 16.3 Å². The number of alkyl halides is 1. The van der Waals surface area contributed by atoms with Crippen LogP contribution in [0, 0.1) is 11.3 Å². The number of hydrogen-bond donors (Lipinski definition) is 1. The SMILES string of the molecule is CC1(C)C(C=C(Br)Br)C1(Cl)C(=O)O. The van der Waals surface area contributed by atoms with Gasteiger partial charge in [-0.05, 0) is 31.9 Å². The Bertz CT molecular complexity index is 284. The van der Waals surface area contributed by atoms with Gasteiger partial charge >= 0.3 is 5.97 Å². The van der Waals surface area contributed by atoms with Gasteiger partial charge in [-0.1, -0.05) is 19.9 Å².